The minimum atomic E-state index is -0.427. The highest BCUT2D eigenvalue weighted by Crippen LogP contribution is 2.36. The zero-order chi connectivity index (χ0) is 25.5. The van der Waals surface area contributed by atoms with E-state index in [0.29, 0.717) is 26.4 Å². The number of hydrogen-bond donors (Lipinski definition) is 0. The third-order valence-corrected chi connectivity index (χ3v) is 6.54. The smallest absolute Gasteiger partial charge is 0.179 e. The van der Waals surface area contributed by atoms with Gasteiger partial charge in [-0.25, -0.2) is 4.68 Å². The van der Waals surface area contributed by atoms with Crippen molar-refractivity contribution in [2.75, 3.05) is 6.61 Å². The predicted octanol–water partition coefficient (Wildman–Crippen LogP) is 5.78. The van der Waals surface area contributed by atoms with E-state index in [1.807, 2.05) is 73.1 Å². The molecule has 5 rings (SSSR count). The second-order valence-electron chi connectivity index (χ2n) is 9.46. The fraction of sp³-hybridized carbons (Fsp3) is 0.323. The third kappa shape index (κ3) is 6.53. The van der Waals surface area contributed by atoms with Crippen molar-refractivity contribution >= 4 is 0 Å². The van der Waals surface area contributed by atoms with Gasteiger partial charge in [0, 0.05) is 5.69 Å². The maximum absolute atomic E-state index is 6.61. The molecule has 192 valence electrons. The number of hydrogen-bond acceptors (Lipinski definition) is 5. The Morgan fingerprint density at radius 3 is 1.73 bits per heavy atom. The van der Waals surface area contributed by atoms with E-state index in [4.69, 9.17) is 24.0 Å². The minimum Gasteiger partial charge on any atom is -0.374 e. The van der Waals surface area contributed by atoms with Crippen LogP contribution in [0.3, 0.4) is 0 Å². The number of ether oxygens (including phenoxy) is 4. The van der Waals surface area contributed by atoms with Crippen molar-refractivity contribution in [3.8, 4) is 0 Å². The zero-order valence-electron chi connectivity index (χ0n) is 21.4. The van der Waals surface area contributed by atoms with Crippen molar-refractivity contribution in [2.45, 2.75) is 58.2 Å². The molecule has 2 heterocycles. The van der Waals surface area contributed by atoms with E-state index in [1.54, 1.807) is 0 Å². The minimum absolute atomic E-state index is 0.317. The molecule has 6 nitrogen and oxygen atoms in total. The lowest BCUT2D eigenvalue weighted by Gasteiger charge is -2.25. The number of rotatable bonds is 11. The molecule has 1 aliphatic rings. The lowest BCUT2D eigenvalue weighted by atomic mass is 10.1. The quantitative estimate of drug-likeness (QED) is 0.262. The highest BCUT2D eigenvalue weighted by molar-refractivity contribution is 5.16. The molecule has 3 aromatic carbocycles. The third-order valence-electron chi connectivity index (χ3n) is 6.54. The molecule has 0 aliphatic carbocycles. The van der Waals surface area contributed by atoms with Crippen LogP contribution in [0, 0.1) is 13.8 Å². The molecule has 0 spiro atoms. The number of benzene rings is 3. The van der Waals surface area contributed by atoms with Crippen LogP contribution in [0.1, 0.15) is 34.3 Å². The summed E-state index contributed by atoms with van der Waals surface area (Å²) in [5, 5.41) is 4.73. The highest BCUT2D eigenvalue weighted by atomic mass is 16.6. The molecule has 0 radical (unpaired) electrons. The standard InChI is InChI=1S/C31H34N2O4/c1-23-18-24(2)33(32-23)31-30(36-21-27-16-10-5-11-17-27)29(35-20-26-14-8-4-9-15-26)28(37-31)22-34-19-25-12-6-3-7-13-25/h3-18,28-31H,19-22H2,1-2H3/t28-,29-,30+,31+/m1/s1. The van der Waals surface area contributed by atoms with Crippen LogP contribution in [-0.4, -0.2) is 34.7 Å². The molecule has 37 heavy (non-hydrogen) atoms. The molecule has 0 bridgehead atoms. The van der Waals surface area contributed by atoms with Crippen LogP contribution in [0.25, 0.3) is 0 Å². The molecule has 0 saturated carbocycles. The summed E-state index contributed by atoms with van der Waals surface area (Å²) in [6.45, 7) is 5.83. The molecule has 0 amide bonds. The molecule has 4 aromatic rings. The first-order valence-corrected chi connectivity index (χ1v) is 12.8. The Balaban J connectivity index is 1.38. The number of nitrogens with zero attached hydrogens (tertiary/aromatic N) is 2. The van der Waals surface area contributed by atoms with Gasteiger partial charge in [-0.05, 0) is 36.6 Å². The average molecular weight is 499 g/mol. The summed E-state index contributed by atoms with van der Waals surface area (Å²) < 4.78 is 27.7. The summed E-state index contributed by atoms with van der Waals surface area (Å²) in [4.78, 5) is 0. The average Bonchev–Trinajstić information content (AvgIpc) is 3.45. The fourth-order valence-electron chi connectivity index (χ4n) is 4.72. The molecule has 1 aromatic heterocycles. The normalized spacial score (nSPS) is 21.4. The maximum Gasteiger partial charge on any atom is 0.179 e. The summed E-state index contributed by atoms with van der Waals surface area (Å²) in [6.07, 6.45) is -1.45. The molecular weight excluding hydrogens is 464 g/mol. The zero-order valence-corrected chi connectivity index (χ0v) is 21.4. The van der Waals surface area contributed by atoms with Gasteiger partial charge in [0.25, 0.3) is 0 Å². The van der Waals surface area contributed by atoms with E-state index >= 15 is 0 Å². The van der Waals surface area contributed by atoms with Gasteiger partial charge < -0.3 is 18.9 Å². The van der Waals surface area contributed by atoms with Crippen molar-refractivity contribution in [2.24, 2.45) is 0 Å². The van der Waals surface area contributed by atoms with Gasteiger partial charge in [-0.3, -0.25) is 0 Å². The van der Waals surface area contributed by atoms with E-state index in [1.165, 1.54) is 0 Å². The molecule has 0 N–H and O–H groups in total. The molecule has 0 unspecified atom stereocenters. The summed E-state index contributed by atoms with van der Waals surface area (Å²) >= 11 is 0. The molecule has 4 atom stereocenters. The molecular formula is C31H34N2O4. The first kappa shape index (κ1) is 25.4. The summed E-state index contributed by atoms with van der Waals surface area (Å²) in [7, 11) is 0. The maximum atomic E-state index is 6.61. The molecule has 1 aliphatic heterocycles. The summed E-state index contributed by atoms with van der Waals surface area (Å²) in [6, 6.07) is 32.6. The predicted molar refractivity (Wildman–Crippen MR) is 142 cm³/mol. The van der Waals surface area contributed by atoms with Crippen molar-refractivity contribution in [3.63, 3.8) is 0 Å². The Morgan fingerprint density at radius 2 is 1.22 bits per heavy atom. The Hall–Kier alpha value is -3.29. The lowest BCUT2D eigenvalue weighted by molar-refractivity contribution is -0.0937. The van der Waals surface area contributed by atoms with Crippen LogP contribution in [-0.2, 0) is 38.8 Å². The Labute approximate surface area is 218 Å². The van der Waals surface area contributed by atoms with Gasteiger partial charge in [-0.2, -0.15) is 5.10 Å². The van der Waals surface area contributed by atoms with Gasteiger partial charge >= 0.3 is 0 Å². The second kappa shape index (κ2) is 12.3. The van der Waals surface area contributed by atoms with Gasteiger partial charge in [0.2, 0.25) is 0 Å². The second-order valence-corrected chi connectivity index (χ2v) is 9.46. The van der Waals surface area contributed by atoms with Gasteiger partial charge in [0.15, 0.2) is 6.23 Å². The Kier molecular flexibility index (Phi) is 8.43. The first-order valence-electron chi connectivity index (χ1n) is 12.8. The van der Waals surface area contributed by atoms with Gasteiger partial charge in [-0.1, -0.05) is 91.0 Å². The first-order chi connectivity index (χ1) is 18.2. The fourth-order valence-corrected chi connectivity index (χ4v) is 4.72. The van der Waals surface area contributed by atoms with E-state index in [2.05, 4.69) is 42.5 Å². The number of aryl methyl sites for hydroxylation is 2. The molecule has 1 saturated heterocycles. The molecule has 1 fully saturated rings. The summed E-state index contributed by atoms with van der Waals surface area (Å²) in [5.41, 5.74) is 5.27. The van der Waals surface area contributed by atoms with Gasteiger partial charge in [-0.15, -0.1) is 0 Å². The van der Waals surface area contributed by atoms with Gasteiger partial charge in [0.1, 0.15) is 18.3 Å². The number of aromatic nitrogens is 2. The lowest BCUT2D eigenvalue weighted by Crippen LogP contribution is -2.38. The van der Waals surface area contributed by atoms with Gasteiger partial charge in [0.05, 0.1) is 32.1 Å². The van der Waals surface area contributed by atoms with Crippen LogP contribution in [0.2, 0.25) is 0 Å². The van der Waals surface area contributed by atoms with Crippen molar-refractivity contribution in [1.29, 1.82) is 0 Å². The van der Waals surface area contributed by atoms with E-state index < -0.39 is 6.23 Å². The topological polar surface area (TPSA) is 54.7 Å². The van der Waals surface area contributed by atoms with Crippen molar-refractivity contribution in [3.05, 3.63) is 125 Å². The van der Waals surface area contributed by atoms with E-state index in [-0.39, 0.29) is 18.3 Å². The Morgan fingerprint density at radius 1 is 0.703 bits per heavy atom. The van der Waals surface area contributed by atoms with Crippen LogP contribution in [0.5, 0.6) is 0 Å². The van der Waals surface area contributed by atoms with E-state index in [0.717, 1.165) is 28.1 Å². The van der Waals surface area contributed by atoms with Crippen LogP contribution >= 0.6 is 0 Å². The van der Waals surface area contributed by atoms with Crippen LogP contribution in [0.15, 0.2) is 97.1 Å². The van der Waals surface area contributed by atoms with Crippen LogP contribution < -0.4 is 0 Å². The highest BCUT2D eigenvalue weighted by Gasteiger charge is 2.48. The van der Waals surface area contributed by atoms with Crippen molar-refractivity contribution in [1.82, 2.24) is 9.78 Å². The molecule has 6 heteroatoms. The monoisotopic (exact) mass is 498 g/mol. The SMILES string of the molecule is Cc1cc(C)n([C@H]2O[C@H](COCc3ccccc3)[C@@H](OCc3ccccc3)[C@@H]2OCc2ccccc2)n1. The summed E-state index contributed by atoms with van der Waals surface area (Å²) in [5.74, 6) is 0. The van der Waals surface area contributed by atoms with Crippen molar-refractivity contribution < 1.29 is 18.9 Å². The van der Waals surface area contributed by atoms with Crippen LogP contribution in [0.4, 0.5) is 0 Å². The van der Waals surface area contributed by atoms with E-state index in [9.17, 15) is 0 Å². The Bertz CT molecular complexity index is 1230. The largest absolute Gasteiger partial charge is 0.374 e.